The Morgan fingerprint density at radius 3 is 2.80 bits per heavy atom. The van der Waals surface area contributed by atoms with Crippen LogP contribution in [0.5, 0.6) is 28.2 Å². The minimum atomic E-state index is -0.255. The van der Waals surface area contributed by atoms with E-state index >= 15 is 0 Å². The van der Waals surface area contributed by atoms with E-state index in [4.69, 9.17) is 28.1 Å². The molecule has 0 unspecified atom stereocenters. The van der Waals surface area contributed by atoms with Gasteiger partial charge in [-0.1, -0.05) is 12.1 Å². The third-order valence-electron chi connectivity index (χ3n) is 6.47. The highest BCUT2D eigenvalue weighted by molar-refractivity contribution is 7.18. The maximum absolute atomic E-state index is 12.8. The molecule has 206 valence electrons. The minimum Gasteiger partial charge on any atom is -0.496 e. The average molecular weight is 571 g/mol. The minimum absolute atomic E-state index is 0.150. The second-order valence-corrected chi connectivity index (χ2v) is 10.0. The Kier molecular flexibility index (Phi) is 6.08. The number of nitrogens with zero attached hydrogens (tertiary/aromatic N) is 3. The summed E-state index contributed by atoms with van der Waals surface area (Å²) >= 11 is 1.34. The summed E-state index contributed by atoms with van der Waals surface area (Å²) in [4.78, 5) is 18.1. The number of carbonyl (C=O) groups is 1. The van der Waals surface area contributed by atoms with E-state index in [1.807, 2.05) is 36.4 Å². The maximum Gasteiger partial charge on any atom is 0.294 e. The average Bonchev–Trinajstić information content (AvgIpc) is 3.77. The molecular formula is C29H22N4O7S. The molecule has 4 heterocycles. The van der Waals surface area contributed by atoms with Crippen LogP contribution in [0.1, 0.15) is 15.9 Å². The van der Waals surface area contributed by atoms with Crippen molar-refractivity contribution in [2.75, 3.05) is 26.3 Å². The molecule has 12 heteroatoms. The Morgan fingerprint density at radius 2 is 1.95 bits per heavy atom. The van der Waals surface area contributed by atoms with Gasteiger partial charge in [-0.05, 0) is 53.3 Å². The van der Waals surface area contributed by atoms with E-state index in [0.29, 0.717) is 61.4 Å². The third kappa shape index (κ3) is 4.74. The van der Waals surface area contributed by atoms with Crippen LogP contribution in [0, 0.1) is 0 Å². The number of furan rings is 1. The van der Waals surface area contributed by atoms with Crippen LogP contribution in [0.25, 0.3) is 27.4 Å². The van der Waals surface area contributed by atoms with E-state index in [1.54, 1.807) is 49.2 Å². The van der Waals surface area contributed by atoms with E-state index in [9.17, 15) is 4.79 Å². The summed E-state index contributed by atoms with van der Waals surface area (Å²) in [6.07, 6.45) is 1.78. The first kappa shape index (κ1) is 24.8. The van der Waals surface area contributed by atoms with Crippen LogP contribution in [-0.4, -0.2) is 41.5 Å². The molecule has 0 radical (unpaired) electrons. The van der Waals surface area contributed by atoms with E-state index in [2.05, 4.69) is 15.4 Å². The summed E-state index contributed by atoms with van der Waals surface area (Å²) in [6.45, 7) is 0.401. The summed E-state index contributed by atoms with van der Waals surface area (Å²) in [5.74, 6) is 2.67. The number of carbonyl (C=O) groups excluding carboxylic acids is 1. The molecular weight excluding hydrogens is 548 g/mol. The van der Waals surface area contributed by atoms with Gasteiger partial charge in [0.25, 0.3) is 11.1 Å². The van der Waals surface area contributed by atoms with Crippen LogP contribution in [0.2, 0.25) is 0 Å². The van der Waals surface area contributed by atoms with Crippen molar-refractivity contribution >= 4 is 38.9 Å². The molecule has 0 saturated carbocycles. The number of hydrogen-bond donors (Lipinski definition) is 1. The summed E-state index contributed by atoms with van der Waals surface area (Å²) in [5, 5.41) is 8.55. The van der Waals surface area contributed by atoms with Gasteiger partial charge < -0.3 is 33.4 Å². The lowest BCUT2D eigenvalue weighted by molar-refractivity contribution is 0.102. The highest BCUT2D eigenvalue weighted by Gasteiger charge is 2.18. The lowest BCUT2D eigenvalue weighted by Gasteiger charge is -2.11. The molecule has 3 aromatic carbocycles. The zero-order valence-electron chi connectivity index (χ0n) is 21.9. The van der Waals surface area contributed by atoms with E-state index in [-0.39, 0.29) is 19.3 Å². The standard InChI is InChI=1S/C29H22N4O7S/c1-35-19-10-23(20-12-25(40-24(20)11-19)21-13-33-28(31-21)41-29(32-33)36-2)37-14-16-4-3-5-18(8-16)30-27(34)17-6-7-22-26(9-17)39-15-38-22/h3-13H,14-15H2,1-2H3,(H,30,34). The van der Waals surface area contributed by atoms with Gasteiger partial charge in [0.1, 0.15) is 29.4 Å². The number of methoxy groups -OCH3 is 2. The van der Waals surface area contributed by atoms with Gasteiger partial charge in [-0.25, -0.2) is 9.50 Å². The van der Waals surface area contributed by atoms with Crippen molar-refractivity contribution in [3.63, 3.8) is 0 Å². The molecule has 1 amide bonds. The number of ether oxygens (including phenoxy) is 5. The molecule has 0 fully saturated rings. The van der Waals surface area contributed by atoms with Crippen molar-refractivity contribution in [2.45, 2.75) is 6.61 Å². The fourth-order valence-electron chi connectivity index (χ4n) is 4.47. The Labute approximate surface area is 236 Å². The van der Waals surface area contributed by atoms with Crippen LogP contribution in [0.3, 0.4) is 0 Å². The second kappa shape index (κ2) is 10.1. The highest BCUT2D eigenvalue weighted by atomic mass is 32.1. The number of hydrogen-bond acceptors (Lipinski definition) is 10. The third-order valence-corrected chi connectivity index (χ3v) is 7.36. The van der Waals surface area contributed by atoms with Crippen molar-refractivity contribution in [1.82, 2.24) is 14.6 Å². The maximum atomic E-state index is 12.8. The Balaban J connectivity index is 1.10. The quantitative estimate of drug-likeness (QED) is 0.243. The molecule has 1 aliphatic rings. The van der Waals surface area contributed by atoms with Gasteiger partial charge in [0.15, 0.2) is 17.3 Å². The Bertz CT molecular complexity index is 1890. The number of imidazole rings is 1. The normalized spacial score (nSPS) is 12.1. The molecule has 3 aromatic heterocycles. The first-order chi connectivity index (χ1) is 20.1. The van der Waals surface area contributed by atoms with Crippen LogP contribution in [-0.2, 0) is 6.61 Å². The van der Waals surface area contributed by atoms with Gasteiger partial charge in [0, 0.05) is 23.4 Å². The lowest BCUT2D eigenvalue weighted by Crippen LogP contribution is -2.12. The Hall–Kier alpha value is -5.23. The van der Waals surface area contributed by atoms with Crippen LogP contribution in [0.4, 0.5) is 5.69 Å². The van der Waals surface area contributed by atoms with Crippen molar-refractivity contribution in [3.05, 3.63) is 78.0 Å². The van der Waals surface area contributed by atoms with Crippen LogP contribution < -0.4 is 29.0 Å². The first-order valence-electron chi connectivity index (χ1n) is 12.5. The largest absolute Gasteiger partial charge is 0.496 e. The fraction of sp³-hybridized carbons (Fsp3) is 0.138. The molecule has 41 heavy (non-hydrogen) atoms. The van der Waals surface area contributed by atoms with E-state index in [1.165, 1.54) is 11.3 Å². The van der Waals surface area contributed by atoms with Gasteiger partial charge >= 0.3 is 0 Å². The first-order valence-corrected chi connectivity index (χ1v) is 13.3. The molecule has 1 N–H and O–H groups in total. The monoisotopic (exact) mass is 570 g/mol. The number of fused-ring (bicyclic) bond motifs is 3. The number of aromatic nitrogens is 3. The van der Waals surface area contributed by atoms with E-state index in [0.717, 1.165) is 10.9 Å². The van der Waals surface area contributed by atoms with Crippen molar-refractivity contribution < 1.29 is 32.9 Å². The molecule has 7 rings (SSSR count). The zero-order valence-corrected chi connectivity index (χ0v) is 22.7. The lowest BCUT2D eigenvalue weighted by atomic mass is 10.1. The molecule has 0 atom stereocenters. The number of nitrogens with one attached hydrogen (secondary N) is 1. The van der Waals surface area contributed by atoms with Crippen molar-refractivity contribution in [2.24, 2.45) is 0 Å². The Morgan fingerprint density at radius 1 is 1.05 bits per heavy atom. The van der Waals surface area contributed by atoms with Gasteiger partial charge in [-0.3, -0.25) is 4.79 Å². The predicted octanol–water partition coefficient (Wildman–Crippen LogP) is 5.78. The molecule has 6 aromatic rings. The summed E-state index contributed by atoms with van der Waals surface area (Å²) in [7, 11) is 3.16. The van der Waals surface area contributed by atoms with Crippen molar-refractivity contribution in [3.8, 4) is 39.6 Å². The summed E-state index contributed by atoms with van der Waals surface area (Å²) < 4.78 is 35.4. The SMILES string of the molecule is COc1cc(OCc2cccc(NC(=O)c3ccc4c(c3)OCO4)c2)c2cc(-c3cn4nc(OC)sc4n3)oc2c1. The number of anilines is 1. The molecule has 0 bridgehead atoms. The highest BCUT2D eigenvalue weighted by Crippen LogP contribution is 2.38. The van der Waals surface area contributed by atoms with Gasteiger partial charge in [0.05, 0.1) is 25.8 Å². The molecule has 0 aliphatic carbocycles. The van der Waals surface area contributed by atoms with Gasteiger partial charge in [-0.2, -0.15) is 0 Å². The second-order valence-electron chi connectivity index (χ2n) is 9.08. The van der Waals surface area contributed by atoms with Crippen molar-refractivity contribution in [1.29, 1.82) is 0 Å². The predicted molar refractivity (Wildman–Crippen MR) is 150 cm³/mol. The smallest absolute Gasteiger partial charge is 0.294 e. The number of rotatable bonds is 8. The van der Waals surface area contributed by atoms with Crippen LogP contribution in [0.15, 0.2) is 71.3 Å². The van der Waals surface area contributed by atoms with Crippen LogP contribution >= 0.6 is 11.3 Å². The van der Waals surface area contributed by atoms with Gasteiger partial charge in [0.2, 0.25) is 11.8 Å². The number of amides is 1. The molecule has 11 nitrogen and oxygen atoms in total. The molecule has 1 aliphatic heterocycles. The van der Waals surface area contributed by atoms with Gasteiger partial charge in [-0.15, -0.1) is 5.10 Å². The number of benzene rings is 3. The van der Waals surface area contributed by atoms with E-state index < -0.39 is 0 Å². The molecule has 0 spiro atoms. The fourth-order valence-corrected chi connectivity index (χ4v) is 5.17. The summed E-state index contributed by atoms with van der Waals surface area (Å²) in [6, 6.07) is 18.1. The zero-order chi connectivity index (χ0) is 27.9. The topological polar surface area (TPSA) is 119 Å². The summed E-state index contributed by atoms with van der Waals surface area (Å²) in [5.41, 5.74) is 3.21. The molecule has 0 saturated heterocycles.